The first-order valence-corrected chi connectivity index (χ1v) is 7.09. The minimum Gasteiger partial charge on any atom is -0.366 e. The quantitative estimate of drug-likeness (QED) is 0.862. The van der Waals surface area contributed by atoms with Gasteiger partial charge in [-0.2, -0.15) is 0 Å². The average Bonchev–Trinajstić information content (AvgIpc) is 2.33. The van der Waals surface area contributed by atoms with Crippen LogP contribution in [0.4, 0.5) is 5.82 Å². The molecule has 4 heteroatoms. The molecular weight excluding hydrogens is 313 g/mol. The van der Waals surface area contributed by atoms with E-state index in [2.05, 4.69) is 44.8 Å². The molecule has 16 heavy (non-hydrogen) atoms. The highest BCUT2D eigenvalue weighted by Crippen LogP contribution is 2.28. The van der Waals surface area contributed by atoms with E-state index in [-0.39, 0.29) is 0 Å². The summed E-state index contributed by atoms with van der Waals surface area (Å²) in [6.45, 7) is 2.30. The van der Waals surface area contributed by atoms with Crippen molar-refractivity contribution in [2.75, 3.05) is 5.32 Å². The Balaban J connectivity index is 1.89. The van der Waals surface area contributed by atoms with Gasteiger partial charge in [-0.1, -0.05) is 13.3 Å². The van der Waals surface area contributed by atoms with Gasteiger partial charge in [-0.3, -0.25) is 0 Å². The van der Waals surface area contributed by atoms with Gasteiger partial charge < -0.3 is 5.32 Å². The lowest BCUT2D eigenvalue weighted by molar-refractivity contribution is 0.330. The maximum atomic E-state index is 4.28. The van der Waals surface area contributed by atoms with Crippen LogP contribution < -0.4 is 5.32 Å². The summed E-state index contributed by atoms with van der Waals surface area (Å²) >= 11 is 2.28. The number of rotatable bonds is 3. The lowest BCUT2D eigenvalue weighted by Crippen LogP contribution is -2.26. The largest absolute Gasteiger partial charge is 0.366 e. The van der Waals surface area contributed by atoms with Crippen molar-refractivity contribution in [1.82, 2.24) is 9.97 Å². The number of nitrogens with zero attached hydrogens (tertiary/aromatic N) is 2. The van der Waals surface area contributed by atoms with E-state index >= 15 is 0 Å². The van der Waals surface area contributed by atoms with Crippen molar-refractivity contribution >= 4 is 28.4 Å². The lowest BCUT2D eigenvalue weighted by atomic mass is 9.84. The summed E-state index contributed by atoms with van der Waals surface area (Å²) in [5.41, 5.74) is 0. The van der Waals surface area contributed by atoms with Crippen molar-refractivity contribution in [2.24, 2.45) is 5.92 Å². The van der Waals surface area contributed by atoms with E-state index in [1.54, 1.807) is 6.33 Å². The number of hydrogen-bond acceptors (Lipinski definition) is 3. The number of aromatic nitrogens is 2. The molecule has 0 saturated heterocycles. The highest BCUT2D eigenvalue weighted by Gasteiger charge is 2.20. The topological polar surface area (TPSA) is 37.8 Å². The van der Waals surface area contributed by atoms with Crippen molar-refractivity contribution in [3.05, 3.63) is 16.1 Å². The van der Waals surface area contributed by atoms with Crippen LogP contribution in [0.25, 0.3) is 0 Å². The fraction of sp³-hybridized carbons (Fsp3) is 0.667. The summed E-state index contributed by atoms with van der Waals surface area (Å²) in [7, 11) is 0. The van der Waals surface area contributed by atoms with E-state index < -0.39 is 0 Å². The van der Waals surface area contributed by atoms with E-state index in [4.69, 9.17) is 0 Å². The van der Waals surface area contributed by atoms with Gasteiger partial charge in [0.05, 0.1) is 3.57 Å². The van der Waals surface area contributed by atoms with E-state index in [0.717, 1.165) is 15.3 Å². The molecular formula is C12H18IN3. The van der Waals surface area contributed by atoms with Crippen molar-refractivity contribution in [2.45, 2.75) is 45.1 Å². The van der Waals surface area contributed by atoms with Gasteiger partial charge in [-0.05, 0) is 54.2 Å². The third-order valence-corrected chi connectivity index (χ3v) is 4.22. The number of hydrogen-bond donors (Lipinski definition) is 1. The third-order valence-electron chi connectivity index (χ3n) is 3.43. The van der Waals surface area contributed by atoms with Crippen LogP contribution >= 0.6 is 22.6 Å². The van der Waals surface area contributed by atoms with Crippen LogP contribution in [0.3, 0.4) is 0 Å². The first-order chi connectivity index (χ1) is 7.79. The molecule has 0 bridgehead atoms. The van der Waals surface area contributed by atoms with Crippen LogP contribution in [-0.2, 0) is 0 Å². The molecule has 1 aliphatic carbocycles. The van der Waals surface area contributed by atoms with Gasteiger partial charge in [0.2, 0.25) is 0 Å². The second-order valence-corrected chi connectivity index (χ2v) is 5.65. The second kappa shape index (κ2) is 5.80. The number of nitrogens with one attached hydrogen (secondary N) is 1. The van der Waals surface area contributed by atoms with Crippen molar-refractivity contribution in [3.63, 3.8) is 0 Å². The van der Waals surface area contributed by atoms with E-state index in [1.807, 2.05) is 6.20 Å². The molecule has 1 N–H and O–H groups in total. The molecule has 1 saturated carbocycles. The van der Waals surface area contributed by atoms with Gasteiger partial charge in [0.25, 0.3) is 0 Å². The van der Waals surface area contributed by atoms with Gasteiger partial charge >= 0.3 is 0 Å². The van der Waals surface area contributed by atoms with Crippen LogP contribution in [0.2, 0.25) is 0 Å². The molecule has 1 aliphatic rings. The zero-order valence-corrected chi connectivity index (χ0v) is 11.8. The number of halogens is 1. The van der Waals surface area contributed by atoms with E-state index in [0.29, 0.717) is 6.04 Å². The van der Waals surface area contributed by atoms with Crippen LogP contribution in [0.5, 0.6) is 0 Å². The minimum atomic E-state index is 0.603. The third kappa shape index (κ3) is 3.06. The maximum Gasteiger partial charge on any atom is 0.143 e. The molecule has 3 nitrogen and oxygen atoms in total. The molecule has 1 heterocycles. The fourth-order valence-electron chi connectivity index (χ4n) is 2.33. The SMILES string of the molecule is CCC1CCC(Nc2ncncc2I)CC1. The standard InChI is InChI=1S/C12H18IN3/c1-2-9-3-5-10(6-4-9)16-12-11(13)7-14-8-15-12/h7-10H,2-6H2,1H3,(H,14,15,16). The van der Waals surface area contributed by atoms with Crippen molar-refractivity contribution in [3.8, 4) is 0 Å². The summed E-state index contributed by atoms with van der Waals surface area (Å²) in [6, 6.07) is 0.603. The molecule has 1 fully saturated rings. The molecule has 0 aliphatic heterocycles. The van der Waals surface area contributed by atoms with Crippen LogP contribution in [-0.4, -0.2) is 16.0 Å². The first kappa shape index (κ1) is 12.1. The molecule has 0 spiro atoms. The smallest absolute Gasteiger partial charge is 0.143 e. The van der Waals surface area contributed by atoms with E-state index in [1.165, 1.54) is 32.1 Å². The van der Waals surface area contributed by atoms with Gasteiger partial charge in [-0.15, -0.1) is 0 Å². The van der Waals surface area contributed by atoms with Gasteiger partial charge in [0.1, 0.15) is 12.1 Å². The summed E-state index contributed by atoms with van der Waals surface area (Å²) in [5, 5.41) is 3.54. The average molecular weight is 331 g/mol. The zero-order chi connectivity index (χ0) is 11.4. The summed E-state index contributed by atoms with van der Waals surface area (Å²) in [5.74, 6) is 1.94. The van der Waals surface area contributed by atoms with Crippen molar-refractivity contribution in [1.29, 1.82) is 0 Å². The Morgan fingerprint density at radius 3 is 2.75 bits per heavy atom. The number of anilines is 1. The normalized spacial score (nSPS) is 25.4. The summed E-state index contributed by atoms with van der Waals surface area (Å²) in [6.07, 6.45) is 10.1. The van der Waals surface area contributed by atoms with Crippen LogP contribution in [0.15, 0.2) is 12.5 Å². The molecule has 0 radical (unpaired) electrons. The predicted molar refractivity (Wildman–Crippen MR) is 74.4 cm³/mol. The molecule has 0 unspecified atom stereocenters. The Morgan fingerprint density at radius 2 is 2.12 bits per heavy atom. The Morgan fingerprint density at radius 1 is 1.38 bits per heavy atom. The van der Waals surface area contributed by atoms with Crippen molar-refractivity contribution < 1.29 is 0 Å². The Kier molecular flexibility index (Phi) is 4.37. The summed E-state index contributed by atoms with van der Waals surface area (Å²) < 4.78 is 1.11. The monoisotopic (exact) mass is 331 g/mol. The van der Waals surface area contributed by atoms with E-state index in [9.17, 15) is 0 Å². The first-order valence-electron chi connectivity index (χ1n) is 6.01. The zero-order valence-electron chi connectivity index (χ0n) is 9.62. The molecule has 1 aromatic heterocycles. The van der Waals surface area contributed by atoms with Gasteiger partial charge in [0.15, 0.2) is 0 Å². The van der Waals surface area contributed by atoms with Crippen LogP contribution in [0.1, 0.15) is 39.0 Å². The minimum absolute atomic E-state index is 0.603. The Labute approximate surface area is 111 Å². The van der Waals surface area contributed by atoms with Gasteiger partial charge in [0, 0.05) is 12.2 Å². The van der Waals surface area contributed by atoms with Crippen LogP contribution in [0, 0.1) is 9.49 Å². The van der Waals surface area contributed by atoms with Gasteiger partial charge in [-0.25, -0.2) is 9.97 Å². The summed E-state index contributed by atoms with van der Waals surface area (Å²) in [4.78, 5) is 8.29. The highest BCUT2D eigenvalue weighted by atomic mass is 127. The molecule has 0 aromatic carbocycles. The highest BCUT2D eigenvalue weighted by molar-refractivity contribution is 14.1. The fourth-order valence-corrected chi connectivity index (χ4v) is 2.78. The Bertz CT molecular complexity index is 335. The molecule has 0 amide bonds. The molecule has 1 aromatic rings. The second-order valence-electron chi connectivity index (χ2n) is 4.49. The Hall–Kier alpha value is -0.390. The predicted octanol–water partition coefficient (Wildman–Crippen LogP) is 3.46. The maximum absolute atomic E-state index is 4.28. The lowest BCUT2D eigenvalue weighted by Gasteiger charge is -2.28. The molecule has 0 atom stereocenters. The molecule has 88 valence electrons. The molecule has 2 rings (SSSR count).